The van der Waals surface area contributed by atoms with Crippen molar-refractivity contribution in [2.45, 2.75) is 139 Å². The first-order valence-electron chi connectivity index (χ1n) is 41.2. The smallest absolute Gasteiger partial charge is 0.165 e. The summed E-state index contributed by atoms with van der Waals surface area (Å²) in [6, 6.07) is 14.9. The average molecular weight is 1650 g/mol. The number of hydrogen-bond donors (Lipinski definition) is 2. The second kappa shape index (κ2) is 30.7. The number of benzene rings is 2. The molecule has 4 atom stereocenters. The molecular weight excluding hydrogens is 1550 g/mol. The lowest BCUT2D eigenvalue weighted by atomic mass is 9.78. The van der Waals surface area contributed by atoms with Crippen molar-refractivity contribution in [1.29, 1.82) is 0 Å². The lowest BCUT2D eigenvalue weighted by Gasteiger charge is -2.50. The van der Waals surface area contributed by atoms with Crippen LogP contribution in [0.5, 0.6) is 0 Å². The van der Waals surface area contributed by atoms with Crippen LogP contribution in [-0.2, 0) is 19.1 Å². The number of nitrogens with one attached hydrogen (secondary N) is 2. The number of piperazine rings is 4. The lowest BCUT2D eigenvalue weighted by molar-refractivity contribution is -0.131. The molecule has 6 aliphatic heterocycles. The Bertz CT molecular complexity index is 5650. The number of pyridine rings is 2. The molecule has 0 bridgehead atoms. The Labute approximate surface area is 690 Å². The van der Waals surface area contributed by atoms with Crippen LogP contribution in [-0.4, -0.2) is 251 Å². The van der Waals surface area contributed by atoms with E-state index in [0.29, 0.717) is 52.5 Å². The molecule has 12 aromatic rings. The summed E-state index contributed by atoms with van der Waals surface area (Å²) in [6.45, 7) is 24.8. The minimum Gasteiger partial charge on any atom is -0.377 e. The number of carbonyl (C=O) groups excluding carboxylic acids is 2. The fraction of sp³-hybridized carbons (Fsp3) is 0.512. The maximum atomic E-state index is 12.0. The topological polar surface area (TPSA) is 264 Å². The molecule has 11 aliphatic rings. The first-order valence-corrected chi connectivity index (χ1v) is 42.7. The summed E-state index contributed by atoms with van der Waals surface area (Å²) in [5.41, 5.74) is 9.87. The van der Waals surface area contributed by atoms with Crippen LogP contribution >= 0.6 is 46.4 Å². The second-order valence-corrected chi connectivity index (χ2v) is 35.4. The average Bonchev–Trinajstić information content (AvgIpc) is 1.40. The van der Waals surface area contributed by atoms with Crippen LogP contribution in [0.3, 0.4) is 0 Å². The first-order chi connectivity index (χ1) is 56.4. The minimum atomic E-state index is 0.106. The summed E-state index contributed by atoms with van der Waals surface area (Å²) in [6.07, 6.45) is 33.3. The van der Waals surface area contributed by atoms with Crippen molar-refractivity contribution in [2.75, 3.05) is 138 Å². The summed E-state index contributed by atoms with van der Waals surface area (Å²) in [7, 11) is 0. The van der Waals surface area contributed by atoms with Gasteiger partial charge in [0.25, 0.3) is 0 Å². The van der Waals surface area contributed by atoms with Gasteiger partial charge in [-0.3, -0.25) is 38.1 Å². The van der Waals surface area contributed by atoms with Crippen molar-refractivity contribution in [3.05, 3.63) is 131 Å². The van der Waals surface area contributed by atoms with E-state index in [9.17, 15) is 9.59 Å². The van der Waals surface area contributed by atoms with Crippen LogP contribution in [0, 0.1) is 11.8 Å². The van der Waals surface area contributed by atoms with Gasteiger partial charge in [-0.25, -0.2) is 28.7 Å². The molecule has 2 unspecified atom stereocenters. The van der Waals surface area contributed by atoms with Gasteiger partial charge in [-0.2, -0.15) is 40.8 Å². The fourth-order valence-electron chi connectivity index (χ4n) is 17.9. The maximum Gasteiger partial charge on any atom is 0.165 e. The van der Waals surface area contributed by atoms with Crippen LogP contribution in [0.15, 0.2) is 111 Å². The van der Waals surface area contributed by atoms with Crippen LogP contribution in [0.4, 0.5) is 23.0 Å². The molecule has 34 heteroatoms. The third-order valence-electron chi connectivity index (χ3n) is 25.8. The Hall–Kier alpha value is -9.08. The number of halogens is 4. The number of rotatable bonds is 17. The van der Waals surface area contributed by atoms with Crippen LogP contribution in [0.1, 0.15) is 116 Å². The van der Waals surface area contributed by atoms with Gasteiger partial charge in [-0.1, -0.05) is 53.3 Å². The number of anilines is 4. The second-order valence-electron chi connectivity index (χ2n) is 33.8. The summed E-state index contributed by atoms with van der Waals surface area (Å²) >= 11 is 26.5. The fourth-order valence-corrected chi connectivity index (χ4v) is 19.1. The molecule has 23 rings (SSSR count). The van der Waals surface area contributed by atoms with Gasteiger partial charge in [-0.05, 0) is 115 Å². The van der Waals surface area contributed by atoms with Crippen molar-refractivity contribution in [3.8, 4) is 22.7 Å². The lowest BCUT2D eigenvalue weighted by Crippen LogP contribution is -2.64. The molecule has 16 heterocycles. The zero-order valence-corrected chi connectivity index (χ0v) is 68.7. The molecule has 116 heavy (non-hydrogen) atoms. The summed E-state index contributed by atoms with van der Waals surface area (Å²) < 4.78 is 26.4. The number of carbonyl (C=O) groups is 2. The normalized spacial score (nSPS) is 23.7. The zero-order chi connectivity index (χ0) is 78.8. The number of aromatic nitrogens is 18. The highest BCUT2D eigenvalue weighted by molar-refractivity contribution is 6.35. The summed E-state index contributed by atoms with van der Waals surface area (Å²) in [4.78, 5) is 47.7. The van der Waals surface area contributed by atoms with E-state index in [0.717, 1.165) is 237 Å². The van der Waals surface area contributed by atoms with Gasteiger partial charge < -0.3 is 39.7 Å². The van der Waals surface area contributed by atoms with Gasteiger partial charge in [0.2, 0.25) is 0 Å². The largest absolute Gasteiger partial charge is 0.377 e. The van der Waals surface area contributed by atoms with E-state index in [1.165, 1.54) is 38.5 Å². The summed E-state index contributed by atoms with van der Waals surface area (Å²) in [5.74, 6) is 2.60. The number of Topliss-reactive ketones (excluding diaryl/α,β-unsaturated/α-hetero) is 2. The molecule has 0 spiro atoms. The van der Waals surface area contributed by atoms with Crippen molar-refractivity contribution in [2.24, 2.45) is 11.8 Å². The number of ketones is 2. The van der Waals surface area contributed by atoms with E-state index < -0.39 is 0 Å². The van der Waals surface area contributed by atoms with E-state index in [1.54, 1.807) is 6.92 Å². The monoisotopic (exact) mass is 1650 g/mol. The van der Waals surface area contributed by atoms with Crippen molar-refractivity contribution in [1.82, 2.24) is 109 Å². The minimum absolute atomic E-state index is 0.106. The molecule has 2 N–H and O–H groups in total. The van der Waals surface area contributed by atoms with Gasteiger partial charge in [0.05, 0.1) is 179 Å². The van der Waals surface area contributed by atoms with Crippen molar-refractivity contribution < 1.29 is 19.1 Å². The number of nitrogens with zero attached hydrogens (tertiary/aromatic N) is 24. The number of fused-ring (bicyclic) bond motifs is 5. The Kier molecular flexibility index (Phi) is 20.0. The van der Waals surface area contributed by atoms with Gasteiger partial charge >= 0.3 is 0 Å². The predicted octanol–water partition coefficient (Wildman–Crippen LogP) is 11.2. The number of hydrogen-bond acceptors (Lipinski definition) is 22. The van der Waals surface area contributed by atoms with Gasteiger partial charge in [0.15, 0.2) is 11.3 Å². The Morgan fingerprint density at radius 1 is 0.457 bits per heavy atom. The van der Waals surface area contributed by atoms with Gasteiger partial charge in [0.1, 0.15) is 46.0 Å². The van der Waals surface area contributed by atoms with Crippen LogP contribution in [0.25, 0.3) is 66.6 Å². The summed E-state index contributed by atoms with van der Waals surface area (Å²) in [5, 5.41) is 50.1. The van der Waals surface area contributed by atoms with E-state index in [-0.39, 0.29) is 34.7 Å². The SMILES string of the molecule is CC(=O)C1CC(n2cc(-n3ncc4cc(Cl)c(N5CCN(C6(C)COC6)CC5)cc43)cn2)C1.CCC(=O)C1CC1n1cc(-n2ncc3cc(Cl)c(N4CCN(C5(C)COC5)CC4)cc32)cn1.Clc1cc2cnn(-c3cnn(C4CC4)c3)c2nc1N1CCNCC1.Clc1cc2cnn(-c3cnn(C4CC4)c3)c2nc1N1CCN[C@@H]2CC[C@@H]21. The molecule has 30 nitrogen and oxygen atoms in total. The van der Waals surface area contributed by atoms with Crippen molar-refractivity contribution >= 4 is 125 Å². The highest BCUT2D eigenvalue weighted by Crippen LogP contribution is 2.46. The van der Waals surface area contributed by atoms with E-state index >= 15 is 0 Å². The standard InChI is InChI=1S/2C24H29ClN6O2.C18H20ClN7.C16H18ClN7/c1-16(32)17-7-19(8-17)30-13-20(12-26-30)31-22-10-23(21(25)9-18(22)11-27-31)28-3-5-29(6-4-28)24(2)14-33-15-24;1-3-23(32)18-9-21(18)30-13-17(12-26-30)31-20-10-22(19(25)8-16(20)11-27-31)28-4-6-29(7-5-28)24(2)14-33-15-24;19-14-7-11-8-22-26(13-9-21-25(10-13)12-1-2-12)17(11)23-18(14)24-6-5-20-15-3-4-16(15)24;17-14-7-11-8-20-24(13-9-19-23(10-13)12-1-2-12)15(11)21-16(14)22-5-3-18-4-6-22/h9-13,17,19H,3-8,14-15H2,1-2H3;8,10-13,18,21H,3-7,9,14-15H2,1-2H3;7-10,12,15-16,20H,1-6H2;7-10,12,18H,1-6H2/t;;15-,16+;/m..1./s1. The van der Waals surface area contributed by atoms with Gasteiger partial charge in [0, 0.05) is 144 Å². The van der Waals surface area contributed by atoms with Crippen molar-refractivity contribution in [3.63, 3.8) is 0 Å². The molecule has 6 saturated heterocycles. The maximum absolute atomic E-state index is 12.0. The predicted molar refractivity (Wildman–Crippen MR) is 448 cm³/mol. The quantitative estimate of drug-likeness (QED) is 0.0858. The molecule has 5 aliphatic carbocycles. The molecule has 0 amide bonds. The van der Waals surface area contributed by atoms with E-state index in [1.807, 2.05) is 137 Å². The van der Waals surface area contributed by atoms with Crippen LogP contribution < -0.4 is 30.2 Å². The third-order valence-corrected chi connectivity index (χ3v) is 27.0. The number of ether oxygens (including phenoxy) is 2. The molecule has 0 radical (unpaired) electrons. The first kappa shape index (κ1) is 75.7. The zero-order valence-electron chi connectivity index (χ0n) is 65.7. The van der Waals surface area contributed by atoms with Gasteiger partial charge in [-0.15, -0.1) is 0 Å². The van der Waals surface area contributed by atoms with E-state index in [2.05, 4.69) is 113 Å². The molecule has 5 saturated carbocycles. The molecule has 606 valence electrons. The molecular formula is C82H96Cl4N26O4. The third kappa shape index (κ3) is 14.5. The Morgan fingerprint density at radius 2 is 0.905 bits per heavy atom. The highest BCUT2D eigenvalue weighted by Gasteiger charge is 2.46. The molecule has 11 fully saturated rings. The molecule has 10 aromatic heterocycles. The van der Waals surface area contributed by atoms with Crippen LogP contribution in [0.2, 0.25) is 20.1 Å². The molecule has 2 aromatic carbocycles. The highest BCUT2D eigenvalue weighted by atomic mass is 35.5. The Balaban J connectivity index is 0.000000101. The Morgan fingerprint density at radius 3 is 1.37 bits per heavy atom. The van der Waals surface area contributed by atoms with E-state index in [4.69, 9.17) is 65.8 Å².